The summed E-state index contributed by atoms with van der Waals surface area (Å²) in [7, 11) is 2.38. The Bertz CT molecular complexity index is 4090. The highest BCUT2D eigenvalue weighted by Gasteiger charge is 2.44. The summed E-state index contributed by atoms with van der Waals surface area (Å²) in [5.41, 5.74) is 12.5. The summed E-state index contributed by atoms with van der Waals surface area (Å²) >= 11 is 6.18. The van der Waals surface area contributed by atoms with E-state index in [2.05, 4.69) is 124 Å². The number of carbonyl (C=O) groups excluding carboxylic acids is 14. The minimum Gasteiger partial charge on any atom is -0.506 e. The number of phenols is 1. The molecule has 728 valence electrons. The van der Waals surface area contributed by atoms with Crippen LogP contribution in [0.25, 0.3) is 0 Å². The van der Waals surface area contributed by atoms with E-state index in [1.165, 1.54) is 107 Å². The maximum absolute atomic E-state index is 14.8. The molecule has 0 saturated carbocycles. The van der Waals surface area contributed by atoms with Gasteiger partial charge >= 0.3 is 5.97 Å². The summed E-state index contributed by atoms with van der Waals surface area (Å²) in [5, 5.41) is 65.2. The monoisotopic (exact) mass is 1880 g/mol. The highest BCUT2D eigenvalue weighted by atomic mass is 35.5. The van der Waals surface area contributed by atoms with Crippen LogP contribution in [0.3, 0.4) is 0 Å². The lowest BCUT2D eigenvalue weighted by molar-refractivity contribution is -0.142. The van der Waals surface area contributed by atoms with Crippen LogP contribution in [0.5, 0.6) is 5.75 Å². The van der Waals surface area contributed by atoms with Crippen LogP contribution in [-0.4, -0.2) is 252 Å². The van der Waals surface area contributed by atoms with Crippen molar-refractivity contribution in [3.8, 4) is 5.75 Å². The molecule has 14 amide bonds. The average Bonchev–Trinajstić information content (AvgIpc) is 1.62. The Morgan fingerprint density at radius 2 is 1.09 bits per heavy atom. The Kier molecular flexibility index (Phi) is 58.0. The second kappa shape index (κ2) is 65.2. The largest absolute Gasteiger partial charge is 0.506 e. The van der Waals surface area contributed by atoms with E-state index in [9.17, 15) is 87.2 Å². The molecular weight excluding hydrogens is 1740 g/mol. The predicted octanol–water partition coefficient (Wildman–Crippen LogP) is 3.85. The lowest BCUT2D eigenvalue weighted by Crippen LogP contribution is -2.61. The molecule has 0 spiro atoms. The number of nitrogens with one attached hydrogen (secondary N) is 15. The number of aliphatic hydroxyl groups is 1. The fraction of sp³-hybridized carbons (Fsp3) is 0.629. The van der Waals surface area contributed by atoms with Crippen molar-refractivity contribution >= 4 is 122 Å². The zero-order valence-electron chi connectivity index (χ0n) is 77.8. The molecule has 2 saturated heterocycles. The number of benzene rings is 2. The summed E-state index contributed by atoms with van der Waals surface area (Å²) in [6.07, 6.45) is 15.7. The highest BCUT2D eigenvalue weighted by Crippen LogP contribution is 2.28. The Morgan fingerprint density at radius 3 is 1.62 bits per heavy atom. The first-order chi connectivity index (χ1) is 61.8. The number of aliphatic hydroxyl groups excluding tert-OH is 1. The van der Waals surface area contributed by atoms with Gasteiger partial charge in [-0.15, -0.1) is 0 Å². The summed E-state index contributed by atoms with van der Waals surface area (Å²) in [6.45, 7) is 27.3. The van der Waals surface area contributed by atoms with Gasteiger partial charge in [-0.1, -0.05) is 197 Å². The van der Waals surface area contributed by atoms with E-state index in [-0.39, 0.29) is 111 Å². The van der Waals surface area contributed by atoms with Gasteiger partial charge in [0.05, 0.1) is 43.3 Å². The van der Waals surface area contributed by atoms with Crippen LogP contribution in [0, 0.1) is 17.8 Å². The zero-order valence-corrected chi connectivity index (χ0v) is 80.2. The first kappa shape index (κ1) is 116. The van der Waals surface area contributed by atoms with E-state index in [4.69, 9.17) is 23.1 Å². The molecule has 4 aromatic rings. The molecule has 22 N–H and O–H groups in total. The number of aromatic amines is 2. The summed E-state index contributed by atoms with van der Waals surface area (Å²) in [6, 6.07) is -0.361. The number of hydrogen-bond acceptors (Lipinski definition) is 23. The SMILES string of the molecule is CC(=O)N[C@H](Cc1ccccc1)C(=O)N[C@H](Cc1cnc[nH]1)C(=O)N[C@@H]1CSSC[C@H](C)NC(=O)[C@@H](CC(C)C)NC(=O)[C@@H](CC(=O)O)NC(=O)[C@@H](Cc2ccc(O)c(Cl)c2)NC(=O)[C@H]2CC(O)CN2C1=O.CCC.CCCCCN.CCCCCN.CCCCCNC(=O)CNC(=O)CNC(=O)[C@@H](CC(C)C)NC(=O)[C@H](NC(=O)[C@@H](Cc1cnc[nH]1)NC(C)=O)C(C)CC. The summed E-state index contributed by atoms with van der Waals surface area (Å²) in [5.74, 6) is -11.3. The number of fused-ring (bicyclic) bond motifs is 1. The second-order valence-corrected chi connectivity index (χ2v) is 35.9. The number of aromatic nitrogens is 4. The third kappa shape index (κ3) is 47.4. The highest BCUT2D eigenvalue weighted by molar-refractivity contribution is 8.76. The van der Waals surface area contributed by atoms with Crippen LogP contribution < -0.4 is 80.6 Å². The Hall–Kier alpha value is -10.4. The van der Waals surface area contributed by atoms with Gasteiger partial charge in [0.2, 0.25) is 82.7 Å². The van der Waals surface area contributed by atoms with Crippen molar-refractivity contribution in [2.24, 2.45) is 29.2 Å². The summed E-state index contributed by atoms with van der Waals surface area (Å²) < 4.78 is 0. The lowest BCUT2D eigenvalue weighted by atomic mass is 9.96. The number of nitrogens with two attached hydrogens (primary N) is 2. The minimum absolute atomic E-state index is 0.0245. The number of phenolic OH excluding ortho intramolecular Hbond substituents is 1. The van der Waals surface area contributed by atoms with Crippen LogP contribution in [-0.2, 0) is 97.6 Å². The smallest absolute Gasteiger partial charge is 0.305 e. The van der Waals surface area contributed by atoms with E-state index in [0.717, 1.165) is 53.6 Å². The van der Waals surface area contributed by atoms with Gasteiger partial charge in [0.15, 0.2) is 0 Å². The zero-order chi connectivity index (χ0) is 97.4. The molecule has 41 heteroatoms. The number of aliphatic carboxylic acids is 1. The fourth-order valence-electron chi connectivity index (χ4n) is 13.0. The summed E-state index contributed by atoms with van der Waals surface area (Å²) in [4.78, 5) is 214. The molecule has 0 aliphatic carbocycles. The normalized spacial score (nSPS) is 18.5. The van der Waals surface area contributed by atoms with E-state index >= 15 is 0 Å². The fourth-order valence-corrected chi connectivity index (χ4v) is 15.6. The topological polar surface area (TPSA) is 586 Å². The minimum atomic E-state index is -1.74. The second-order valence-electron chi connectivity index (χ2n) is 33.0. The standard InChI is InChI=1S/C47H61ClN10O12S2.C29H50N8O6.2C5H13N.C3H8/c1-24(2)12-32-41(64)51-25(3)21-71-72-22-37(57-44(67)35(16-29-19-49-23-50-29)54-42(65)33(52-26(4)59)14-27-8-6-5-7-9-27)47(70)58-20-30(60)17-38(58)46(69)56-34(15-28-10-11-39(61)31(48)13-28)43(66)55-36(18-40(62)63)45(68)53-32;1-7-9-10-11-31-24(39)15-32-25(40)16-33-27(41)22(12-18(3)4)36-29(43)26(19(5)8-2)37-28(42)23(35-20(6)38)13-21-14-30-17-34-21;2*1-2-3-4-5-6;1-3-2/h5-11,13,19,23-25,30,32-38,60-61H,12,14-18,20-22H2,1-4H3,(H,49,50)(H,51,64)(H,52,59)(H,53,68)(H,54,65)(H,55,66)(H,56,69)(H,57,67)(H,62,63);14,17-19,22-23,26H,7-13,15-16H2,1-6H3,(H,30,34)(H,31,39)(H,32,40)(H,33,41)(H,35,38)(H,36,43)(H,37,42);2*2-6H2,1H3;3H2,1-2H3/t25-,30?,32+,33+,34+,35+,36+,37+,38+;19?,22-,23-,26-;;;/m01.../s1. The van der Waals surface area contributed by atoms with Gasteiger partial charge in [-0.2, -0.15) is 0 Å². The van der Waals surface area contributed by atoms with Gasteiger partial charge in [-0.3, -0.25) is 71.9 Å². The number of hydrogen-bond donors (Lipinski definition) is 20. The maximum Gasteiger partial charge on any atom is 0.305 e. The van der Waals surface area contributed by atoms with Crippen molar-refractivity contribution in [2.45, 2.75) is 291 Å². The van der Waals surface area contributed by atoms with Gasteiger partial charge in [0.1, 0.15) is 66.2 Å². The number of imidazole rings is 2. The number of amides is 14. The maximum atomic E-state index is 14.8. The molecule has 38 nitrogen and oxygen atoms in total. The van der Waals surface area contributed by atoms with Crippen LogP contribution in [0.2, 0.25) is 5.02 Å². The van der Waals surface area contributed by atoms with Crippen LogP contribution in [0.15, 0.2) is 73.6 Å². The first-order valence-electron chi connectivity index (χ1n) is 44.9. The van der Waals surface area contributed by atoms with E-state index < -0.39 is 162 Å². The predicted molar refractivity (Wildman–Crippen MR) is 501 cm³/mol. The van der Waals surface area contributed by atoms with Crippen LogP contribution in [0.4, 0.5) is 0 Å². The quantitative estimate of drug-likeness (QED) is 0.0222. The first-order valence-corrected chi connectivity index (χ1v) is 47.7. The van der Waals surface area contributed by atoms with Crippen molar-refractivity contribution in [1.82, 2.24) is 94.0 Å². The molecule has 13 atom stereocenters. The van der Waals surface area contributed by atoms with Gasteiger partial charge in [0, 0.05) is 100 Å². The number of aromatic hydroxyl groups is 1. The number of rotatable bonds is 41. The Morgan fingerprint density at radius 1 is 0.577 bits per heavy atom. The molecule has 2 aliphatic heterocycles. The number of carboxylic acids is 1. The van der Waals surface area contributed by atoms with Crippen molar-refractivity contribution in [3.05, 3.63) is 101 Å². The molecule has 2 aromatic heterocycles. The molecule has 2 fully saturated rings. The Balaban J connectivity index is 0.000000830. The number of carboxylic acid groups (broad SMARTS) is 1. The number of nitrogens with zero attached hydrogens (tertiary/aromatic N) is 3. The van der Waals surface area contributed by atoms with Gasteiger partial charge in [-0.05, 0) is 93.1 Å². The molecule has 2 aromatic carbocycles. The number of halogens is 1. The van der Waals surface area contributed by atoms with E-state index in [0.29, 0.717) is 29.9 Å². The molecular formula is C89H145ClN20O18S2. The molecule has 4 heterocycles. The van der Waals surface area contributed by atoms with E-state index in [1.54, 1.807) is 50.4 Å². The van der Waals surface area contributed by atoms with Crippen molar-refractivity contribution < 1.29 is 87.2 Å². The third-order valence-electron chi connectivity index (χ3n) is 19.9. The molecule has 0 radical (unpaired) electrons. The lowest BCUT2D eigenvalue weighted by Gasteiger charge is -2.31. The number of unbranched alkanes of at least 4 members (excludes halogenated alkanes) is 6. The van der Waals surface area contributed by atoms with Crippen molar-refractivity contribution in [3.63, 3.8) is 0 Å². The van der Waals surface area contributed by atoms with Gasteiger partial charge in [-0.25, -0.2) is 9.97 Å². The number of carbonyl (C=O) groups is 15. The molecule has 130 heavy (non-hydrogen) atoms. The van der Waals surface area contributed by atoms with Gasteiger partial charge < -0.3 is 111 Å². The van der Waals surface area contributed by atoms with Crippen molar-refractivity contribution in [1.29, 1.82) is 0 Å². The number of H-pyrrole nitrogens is 2. The third-order valence-corrected chi connectivity index (χ3v) is 22.8. The van der Waals surface area contributed by atoms with E-state index in [1.807, 2.05) is 34.6 Å². The molecule has 2 aliphatic rings. The van der Waals surface area contributed by atoms with Crippen LogP contribution in [0.1, 0.15) is 216 Å². The molecule has 2 unspecified atom stereocenters. The molecule has 0 bridgehead atoms. The van der Waals surface area contributed by atoms with Crippen molar-refractivity contribution in [2.75, 3.05) is 50.8 Å². The van der Waals surface area contributed by atoms with Gasteiger partial charge in [0.25, 0.3) is 0 Å². The average molecular weight is 1880 g/mol. The Labute approximate surface area is 777 Å². The van der Waals surface area contributed by atoms with Crippen LogP contribution >= 0.6 is 33.2 Å². The molecule has 6 rings (SSSR count).